The zero-order valence-electron chi connectivity index (χ0n) is 19.4. The van der Waals surface area contributed by atoms with E-state index in [2.05, 4.69) is 34.5 Å². The zero-order chi connectivity index (χ0) is 23.4. The molecule has 0 radical (unpaired) electrons. The van der Waals surface area contributed by atoms with Crippen molar-refractivity contribution >= 4 is 0 Å². The summed E-state index contributed by atoms with van der Waals surface area (Å²) in [4.78, 5) is 5.00. The number of likely N-dealkylation sites (tertiary alicyclic amines) is 1. The van der Waals surface area contributed by atoms with E-state index in [1.54, 1.807) is 12.1 Å². The summed E-state index contributed by atoms with van der Waals surface area (Å²) in [7, 11) is 0. The minimum atomic E-state index is -4.69. The predicted molar refractivity (Wildman–Crippen MR) is 120 cm³/mol. The second-order valence-electron chi connectivity index (χ2n) is 9.17. The Kier molecular flexibility index (Phi) is 7.61. The van der Waals surface area contributed by atoms with Gasteiger partial charge >= 0.3 is 6.36 Å². The minimum absolute atomic E-state index is 0.228. The number of rotatable bonds is 7. The first kappa shape index (κ1) is 24.0. The Morgan fingerprint density at radius 1 is 1.00 bits per heavy atom. The fourth-order valence-electron chi connectivity index (χ4n) is 4.58. The van der Waals surface area contributed by atoms with Crippen LogP contribution in [0.3, 0.4) is 0 Å². The van der Waals surface area contributed by atoms with Gasteiger partial charge in [0.2, 0.25) is 0 Å². The number of benzene rings is 1. The van der Waals surface area contributed by atoms with Crippen molar-refractivity contribution in [2.45, 2.75) is 44.9 Å². The molecular formula is C24H33F3N4O2. The van der Waals surface area contributed by atoms with E-state index in [0.717, 1.165) is 82.4 Å². The third-order valence-electron chi connectivity index (χ3n) is 6.50. The van der Waals surface area contributed by atoms with E-state index in [9.17, 15) is 13.2 Å². The molecule has 0 N–H and O–H groups in total. The molecule has 6 nitrogen and oxygen atoms in total. The number of aromatic nitrogens is 2. The summed E-state index contributed by atoms with van der Waals surface area (Å²) in [6.07, 6.45) is -2.56. The molecule has 182 valence electrons. The van der Waals surface area contributed by atoms with E-state index in [0.29, 0.717) is 5.92 Å². The molecule has 2 aliphatic heterocycles. The summed E-state index contributed by atoms with van der Waals surface area (Å²) in [5, 5.41) is 4.89. The van der Waals surface area contributed by atoms with Crippen LogP contribution in [0.2, 0.25) is 0 Å². The summed E-state index contributed by atoms with van der Waals surface area (Å²) in [5.41, 5.74) is 2.87. The fourth-order valence-corrected chi connectivity index (χ4v) is 4.58. The number of morpholine rings is 1. The van der Waals surface area contributed by atoms with Crippen LogP contribution in [0, 0.1) is 0 Å². The third-order valence-corrected chi connectivity index (χ3v) is 6.50. The van der Waals surface area contributed by atoms with Gasteiger partial charge in [-0.1, -0.05) is 13.8 Å². The topological polar surface area (TPSA) is 42.8 Å². The van der Waals surface area contributed by atoms with Gasteiger partial charge in [-0.15, -0.1) is 13.2 Å². The molecule has 0 saturated carbocycles. The molecule has 1 aromatic carbocycles. The molecular weight excluding hydrogens is 433 g/mol. The molecule has 0 amide bonds. The molecule has 33 heavy (non-hydrogen) atoms. The smallest absolute Gasteiger partial charge is 0.406 e. The number of halogens is 3. The molecule has 2 fully saturated rings. The summed E-state index contributed by atoms with van der Waals surface area (Å²) in [6, 6.07) is 8.08. The maximum absolute atomic E-state index is 12.5. The SMILES string of the molecule is CC(C)c1cc(C2CCN(CCN3CCOCC3)CC2)nn1-c1ccc(OC(F)(F)F)cc1. The highest BCUT2D eigenvalue weighted by atomic mass is 19.4. The summed E-state index contributed by atoms with van der Waals surface area (Å²) >= 11 is 0. The van der Waals surface area contributed by atoms with Gasteiger partial charge in [0.1, 0.15) is 5.75 Å². The highest BCUT2D eigenvalue weighted by Gasteiger charge is 2.31. The number of hydrogen-bond acceptors (Lipinski definition) is 5. The van der Waals surface area contributed by atoms with Crippen LogP contribution >= 0.6 is 0 Å². The highest BCUT2D eigenvalue weighted by molar-refractivity contribution is 5.39. The number of piperidine rings is 1. The highest BCUT2D eigenvalue weighted by Crippen LogP contribution is 2.31. The van der Waals surface area contributed by atoms with E-state index >= 15 is 0 Å². The number of nitrogens with zero attached hydrogens (tertiary/aromatic N) is 4. The quantitative estimate of drug-likeness (QED) is 0.605. The van der Waals surface area contributed by atoms with E-state index in [4.69, 9.17) is 9.84 Å². The second kappa shape index (κ2) is 10.4. The lowest BCUT2D eigenvalue weighted by Gasteiger charge is -2.34. The molecule has 2 aliphatic rings. The van der Waals surface area contributed by atoms with Gasteiger partial charge < -0.3 is 14.4 Å². The fraction of sp³-hybridized carbons (Fsp3) is 0.625. The van der Waals surface area contributed by atoms with E-state index < -0.39 is 6.36 Å². The molecule has 0 bridgehead atoms. The van der Waals surface area contributed by atoms with Gasteiger partial charge in [-0.25, -0.2) is 4.68 Å². The molecule has 0 unspecified atom stereocenters. The Morgan fingerprint density at radius 2 is 1.61 bits per heavy atom. The van der Waals surface area contributed by atoms with Crippen LogP contribution in [0.5, 0.6) is 5.75 Å². The van der Waals surface area contributed by atoms with Gasteiger partial charge in [0.15, 0.2) is 0 Å². The Morgan fingerprint density at radius 3 is 2.18 bits per heavy atom. The lowest BCUT2D eigenvalue weighted by Crippen LogP contribution is -2.43. The Hall–Kier alpha value is -2.10. The first-order valence-electron chi connectivity index (χ1n) is 11.8. The Labute approximate surface area is 193 Å². The molecule has 0 spiro atoms. The van der Waals surface area contributed by atoms with Crippen LogP contribution < -0.4 is 4.74 Å². The largest absolute Gasteiger partial charge is 0.573 e. The Balaban J connectivity index is 1.38. The van der Waals surface area contributed by atoms with Crippen molar-refractivity contribution in [3.05, 3.63) is 41.7 Å². The summed E-state index contributed by atoms with van der Waals surface area (Å²) in [6.45, 7) is 12.2. The number of hydrogen-bond donors (Lipinski definition) is 0. The van der Waals surface area contributed by atoms with Crippen molar-refractivity contribution in [2.24, 2.45) is 0 Å². The molecule has 2 aromatic rings. The monoisotopic (exact) mass is 466 g/mol. The summed E-state index contributed by atoms with van der Waals surface area (Å²) in [5.74, 6) is 0.413. The van der Waals surface area contributed by atoms with Crippen molar-refractivity contribution in [3.63, 3.8) is 0 Å². The lowest BCUT2D eigenvalue weighted by atomic mass is 9.93. The van der Waals surface area contributed by atoms with Crippen molar-refractivity contribution < 1.29 is 22.6 Å². The molecule has 9 heteroatoms. The zero-order valence-corrected chi connectivity index (χ0v) is 19.4. The lowest BCUT2D eigenvalue weighted by molar-refractivity contribution is -0.274. The van der Waals surface area contributed by atoms with Crippen molar-refractivity contribution in [2.75, 3.05) is 52.5 Å². The number of ether oxygens (including phenoxy) is 2. The second-order valence-corrected chi connectivity index (χ2v) is 9.17. The third kappa shape index (κ3) is 6.49. The molecule has 1 aromatic heterocycles. The standard InChI is InChI=1S/C24H33F3N4O2/c1-18(2)23-17-22(28-31(23)20-3-5-21(6-4-20)33-24(25,26)27)19-7-9-29(10-8-19)11-12-30-13-15-32-16-14-30/h3-6,17-19H,7-16H2,1-2H3. The van der Waals surface area contributed by atoms with Crippen LogP contribution in [0.1, 0.15) is 49.9 Å². The minimum Gasteiger partial charge on any atom is -0.406 e. The first-order valence-corrected chi connectivity index (χ1v) is 11.8. The maximum atomic E-state index is 12.5. The predicted octanol–water partition coefficient (Wildman–Crippen LogP) is 4.41. The van der Waals surface area contributed by atoms with E-state index in [-0.39, 0.29) is 11.7 Å². The van der Waals surface area contributed by atoms with Crippen LogP contribution in [-0.4, -0.2) is 78.4 Å². The maximum Gasteiger partial charge on any atom is 0.573 e. The van der Waals surface area contributed by atoms with Crippen molar-refractivity contribution in [1.82, 2.24) is 19.6 Å². The molecule has 0 atom stereocenters. The van der Waals surface area contributed by atoms with Gasteiger partial charge in [0, 0.05) is 37.8 Å². The molecule has 3 heterocycles. The molecule has 2 saturated heterocycles. The average molecular weight is 467 g/mol. The molecule has 0 aliphatic carbocycles. The van der Waals surface area contributed by atoms with Crippen LogP contribution in [0.25, 0.3) is 5.69 Å². The van der Waals surface area contributed by atoms with Crippen LogP contribution in [-0.2, 0) is 4.74 Å². The van der Waals surface area contributed by atoms with E-state index in [1.165, 1.54) is 12.1 Å². The van der Waals surface area contributed by atoms with Gasteiger partial charge in [-0.3, -0.25) is 4.90 Å². The number of alkyl halides is 3. The van der Waals surface area contributed by atoms with Gasteiger partial charge in [-0.05, 0) is 62.2 Å². The van der Waals surface area contributed by atoms with Gasteiger partial charge in [0.25, 0.3) is 0 Å². The Bertz CT molecular complexity index is 884. The van der Waals surface area contributed by atoms with E-state index in [1.807, 2.05) is 4.68 Å². The van der Waals surface area contributed by atoms with Crippen LogP contribution in [0.4, 0.5) is 13.2 Å². The first-order chi connectivity index (χ1) is 15.8. The van der Waals surface area contributed by atoms with Crippen molar-refractivity contribution in [3.8, 4) is 11.4 Å². The van der Waals surface area contributed by atoms with Gasteiger partial charge in [-0.2, -0.15) is 5.10 Å². The normalized spacial score (nSPS) is 19.3. The summed E-state index contributed by atoms with van der Waals surface area (Å²) < 4.78 is 48.7. The van der Waals surface area contributed by atoms with Crippen LogP contribution in [0.15, 0.2) is 30.3 Å². The van der Waals surface area contributed by atoms with Gasteiger partial charge in [0.05, 0.1) is 24.6 Å². The van der Waals surface area contributed by atoms with Crippen molar-refractivity contribution in [1.29, 1.82) is 0 Å². The average Bonchev–Trinajstić information content (AvgIpc) is 3.24. The molecule has 4 rings (SSSR count).